The summed E-state index contributed by atoms with van der Waals surface area (Å²) in [5.74, 6) is 1.69. The van der Waals surface area contributed by atoms with Crippen LogP contribution in [-0.2, 0) is 6.54 Å². The fourth-order valence-electron chi connectivity index (χ4n) is 2.96. The molecule has 1 N–H and O–H groups in total. The van der Waals surface area contributed by atoms with Crippen LogP contribution in [0.1, 0.15) is 47.2 Å². The van der Waals surface area contributed by atoms with Crippen LogP contribution in [0.5, 0.6) is 0 Å². The van der Waals surface area contributed by atoms with E-state index in [4.69, 9.17) is 4.52 Å². The van der Waals surface area contributed by atoms with Crippen LogP contribution in [0.3, 0.4) is 0 Å². The Kier molecular flexibility index (Phi) is 5.38. The van der Waals surface area contributed by atoms with Gasteiger partial charge in [-0.15, -0.1) is 0 Å². The first-order chi connectivity index (χ1) is 14.5. The molecule has 0 bridgehead atoms. The third-order valence-corrected chi connectivity index (χ3v) is 4.72. The Morgan fingerprint density at radius 2 is 1.93 bits per heavy atom. The zero-order chi connectivity index (χ0) is 21.1. The maximum atomic E-state index is 12.6. The average Bonchev–Trinajstić information content (AvgIpc) is 3.40. The highest BCUT2D eigenvalue weighted by atomic mass is 16.5. The molecule has 0 saturated heterocycles. The number of carbonyl (C=O) groups excluding carboxylic acids is 1. The molecular formula is C22H22N6O2. The van der Waals surface area contributed by atoms with Gasteiger partial charge in [-0.3, -0.25) is 4.79 Å². The summed E-state index contributed by atoms with van der Waals surface area (Å²) in [6, 6.07) is 13.4. The van der Waals surface area contributed by atoms with Gasteiger partial charge in [-0.25, -0.2) is 9.67 Å². The van der Waals surface area contributed by atoms with Crippen molar-refractivity contribution in [3.05, 3.63) is 77.5 Å². The van der Waals surface area contributed by atoms with Gasteiger partial charge >= 0.3 is 0 Å². The second-order valence-corrected chi connectivity index (χ2v) is 7.24. The molecule has 0 aliphatic carbocycles. The van der Waals surface area contributed by atoms with Crippen molar-refractivity contribution < 1.29 is 9.32 Å². The second-order valence-electron chi connectivity index (χ2n) is 7.24. The molecule has 0 atom stereocenters. The standard InChI is InChI=1S/C22H22N6O2/c1-14(2)20-26-22(30-27-20)17-9-10-19(23-12-17)28-15(3)18(13-25-28)21(29)24-11-16-7-5-4-6-8-16/h4-10,12-14H,11H2,1-3H3,(H,24,29). The van der Waals surface area contributed by atoms with Crippen molar-refractivity contribution in [2.24, 2.45) is 0 Å². The predicted molar refractivity (Wildman–Crippen MR) is 111 cm³/mol. The molecule has 4 aromatic rings. The molecule has 3 aromatic heterocycles. The maximum Gasteiger partial charge on any atom is 0.259 e. The molecule has 1 aromatic carbocycles. The molecule has 8 nitrogen and oxygen atoms in total. The van der Waals surface area contributed by atoms with E-state index >= 15 is 0 Å². The summed E-state index contributed by atoms with van der Waals surface area (Å²) in [5, 5.41) is 11.2. The maximum absolute atomic E-state index is 12.6. The van der Waals surface area contributed by atoms with Gasteiger partial charge in [-0.2, -0.15) is 10.1 Å². The minimum absolute atomic E-state index is 0.175. The molecule has 0 aliphatic heterocycles. The minimum Gasteiger partial charge on any atom is -0.348 e. The zero-order valence-electron chi connectivity index (χ0n) is 17.0. The topological polar surface area (TPSA) is 98.7 Å². The van der Waals surface area contributed by atoms with E-state index in [2.05, 4.69) is 25.5 Å². The molecule has 0 saturated carbocycles. The van der Waals surface area contributed by atoms with Gasteiger partial charge in [0.1, 0.15) is 0 Å². The SMILES string of the molecule is Cc1c(C(=O)NCc2ccccc2)cnn1-c1ccc(-c2nc(C(C)C)no2)cn1. The van der Waals surface area contributed by atoms with Crippen molar-refractivity contribution in [2.75, 3.05) is 0 Å². The van der Waals surface area contributed by atoms with E-state index in [9.17, 15) is 4.79 Å². The van der Waals surface area contributed by atoms with Gasteiger partial charge in [0, 0.05) is 18.7 Å². The molecule has 4 rings (SSSR count). The number of amides is 1. The number of nitrogens with one attached hydrogen (secondary N) is 1. The number of carbonyl (C=O) groups is 1. The van der Waals surface area contributed by atoms with E-state index in [1.807, 2.05) is 57.2 Å². The molecule has 8 heteroatoms. The highest BCUT2D eigenvalue weighted by Crippen LogP contribution is 2.21. The van der Waals surface area contributed by atoms with Crippen LogP contribution in [0.15, 0.2) is 59.4 Å². The Morgan fingerprint density at radius 1 is 1.13 bits per heavy atom. The highest BCUT2D eigenvalue weighted by molar-refractivity contribution is 5.95. The second kappa shape index (κ2) is 8.28. The molecule has 0 aliphatic rings. The Morgan fingerprint density at radius 3 is 2.60 bits per heavy atom. The number of rotatable bonds is 6. The summed E-state index contributed by atoms with van der Waals surface area (Å²) >= 11 is 0. The first-order valence-corrected chi connectivity index (χ1v) is 9.70. The molecule has 0 fully saturated rings. The van der Waals surface area contributed by atoms with Gasteiger partial charge < -0.3 is 9.84 Å². The molecule has 0 radical (unpaired) electrons. The summed E-state index contributed by atoms with van der Waals surface area (Å²) in [6.07, 6.45) is 3.21. The number of hydrogen-bond acceptors (Lipinski definition) is 6. The average molecular weight is 402 g/mol. The molecule has 1 amide bonds. The lowest BCUT2D eigenvalue weighted by atomic mass is 10.2. The lowest BCUT2D eigenvalue weighted by Crippen LogP contribution is -2.23. The van der Waals surface area contributed by atoms with Crippen LogP contribution in [0.2, 0.25) is 0 Å². The van der Waals surface area contributed by atoms with Crippen molar-refractivity contribution in [2.45, 2.75) is 33.2 Å². The molecular weight excluding hydrogens is 380 g/mol. The lowest BCUT2D eigenvalue weighted by Gasteiger charge is -2.06. The summed E-state index contributed by atoms with van der Waals surface area (Å²) in [4.78, 5) is 21.4. The van der Waals surface area contributed by atoms with Crippen molar-refractivity contribution >= 4 is 5.91 Å². The fourth-order valence-corrected chi connectivity index (χ4v) is 2.96. The molecule has 152 valence electrons. The fraction of sp³-hybridized carbons (Fsp3) is 0.227. The molecule has 30 heavy (non-hydrogen) atoms. The third kappa shape index (κ3) is 3.98. The van der Waals surface area contributed by atoms with E-state index in [-0.39, 0.29) is 11.8 Å². The number of aromatic nitrogens is 5. The van der Waals surface area contributed by atoms with E-state index < -0.39 is 0 Å². The number of hydrogen-bond donors (Lipinski definition) is 1. The van der Waals surface area contributed by atoms with Crippen LogP contribution in [0.4, 0.5) is 0 Å². The normalized spacial score (nSPS) is 11.1. The summed E-state index contributed by atoms with van der Waals surface area (Å²) in [6.45, 7) is 6.31. The monoisotopic (exact) mass is 402 g/mol. The lowest BCUT2D eigenvalue weighted by molar-refractivity contribution is 0.0950. The number of nitrogens with zero attached hydrogens (tertiary/aromatic N) is 5. The highest BCUT2D eigenvalue weighted by Gasteiger charge is 2.16. The van der Waals surface area contributed by atoms with E-state index in [1.54, 1.807) is 23.1 Å². The summed E-state index contributed by atoms with van der Waals surface area (Å²) in [7, 11) is 0. The van der Waals surface area contributed by atoms with E-state index in [0.29, 0.717) is 35.3 Å². The van der Waals surface area contributed by atoms with Gasteiger partial charge in [-0.05, 0) is 24.6 Å². The van der Waals surface area contributed by atoms with Crippen molar-refractivity contribution in [1.82, 2.24) is 30.2 Å². The van der Waals surface area contributed by atoms with Gasteiger partial charge in [0.15, 0.2) is 11.6 Å². The van der Waals surface area contributed by atoms with Gasteiger partial charge in [0.2, 0.25) is 0 Å². The van der Waals surface area contributed by atoms with Gasteiger partial charge in [0.25, 0.3) is 11.8 Å². The largest absolute Gasteiger partial charge is 0.348 e. The quantitative estimate of drug-likeness (QED) is 0.528. The Bertz CT molecular complexity index is 1150. The third-order valence-electron chi connectivity index (χ3n) is 4.72. The van der Waals surface area contributed by atoms with Gasteiger partial charge in [-0.1, -0.05) is 49.3 Å². The smallest absolute Gasteiger partial charge is 0.259 e. The van der Waals surface area contributed by atoms with Crippen molar-refractivity contribution in [1.29, 1.82) is 0 Å². The van der Waals surface area contributed by atoms with Crippen LogP contribution in [0, 0.1) is 6.92 Å². The Hall–Kier alpha value is -3.81. The molecule has 0 unspecified atom stereocenters. The molecule has 3 heterocycles. The zero-order valence-corrected chi connectivity index (χ0v) is 17.0. The summed E-state index contributed by atoms with van der Waals surface area (Å²) in [5.41, 5.74) is 2.98. The predicted octanol–water partition coefficient (Wildman–Crippen LogP) is 3.68. The van der Waals surface area contributed by atoms with E-state index in [1.165, 1.54) is 0 Å². The van der Waals surface area contributed by atoms with Gasteiger partial charge in [0.05, 0.1) is 23.0 Å². The van der Waals surface area contributed by atoms with Crippen LogP contribution in [-0.4, -0.2) is 30.8 Å². The van der Waals surface area contributed by atoms with Crippen LogP contribution >= 0.6 is 0 Å². The van der Waals surface area contributed by atoms with E-state index in [0.717, 1.165) is 11.1 Å². The Balaban J connectivity index is 1.49. The van der Waals surface area contributed by atoms with Crippen LogP contribution in [0.25, 0.3) is 17.3 Å². The first-order valence-electron chi connectivity index (χ1n) is 9.70. The van der Waals surface area contributed by atoms with Crippen LogP contribution < -0.4 is 5.32 Å². The number of pyridine rings is 1. The Labute approximate surface area is 174 Å². The van der Waals surface area contributed by atoms with Crippen molar-refractivity contribution in [3.63, 3.8) is 0 Å². The number of benzene rings is 1. The first kappa shape index (κ1) is 19.5. The van der Waals surface area contributed by atoms with Crippen molar-refractivity contribution in [3.8, 4) is 17.3 Å². The molecule has 0 spiro atoms. The minimum atomic E-state index is -0.175. The summed E-state index contributed by atoms with van der Waals surface area (Å²) < 4.78 is 6.94.